The first-order valence-electron chi connectivity index (χ1n) is 10.4. The Hall–Kier alpha value is -0.363. The van der Waals surface area contributed by atoms with Crippen molar-refractivity contribution >= 4 is 49.1 Å². The molecule has 0 unspecified atom stereocenters. The van der Waals surface area contributed by atoms with E-state index in [9.17, 15) is 0 Å². The van der Waals surface area contributed by atoms with Gasteiger partial charge in [-0.25, -0.2) is 0 Å². The molecule has 0 atom stereocenters. The van der Waals surface area contributed by atoms with Crippen LogP contribution in [-0.2, 0) is 0 Å². The first-order chi connectivity index (χ1) is 13.2. The van der Waals surface area contributed by atoms with Crippen LogP contribution in [-0.4, -0.2) is 41.9 Å². The summed E-state index contributed by atoms with van der Waals surface area (Å²) in [5, 5.41) is 0. The SMILES string of the molecule is CC(C)c1cccc(C(C)C)[c]1[Sn]=[N][N]=[Sn][c]1c(C(C)C)cccc1C(C)C. The number of rotatable bonds is 7. The van der Waals surface area contributed by atoms with E-state index in [1.807, 2.05) is 0 Å². The Balaban J connectivity index is 2.43. The summed E-state index contributed by atoms with van der Waals surface area (Å²) in [6.45, 7) is 18.4. The number of hydrogen-bond acceptors (Lipinski definition) is 2. The summed E-state index contributed by atoms with van der Waals surface area (Å²) < 4.78 is 12.9. The summed E-state index contributed by atoms with van der Waals surface area (Å²) in [4.78, 5) is 0. The predicted molar refractivity (Wildman–Crippen MR) is 125 cm³/mol. The van der Waals surface area contributed by atoms with Crippen LogP contribution in [0.25, 0.3) is 0 Å². The molecular weight excluding hydrogens is 554 g/mol. The molecule has 0 bridgehead atoms. The van der Waals surface area contributed by atoms with Crippen molar-refractivity contribution in [2.75, 3.05) is 0 Å². The molecule has 0 aromatic heterocycles. The molecule has 28 heavy (non-hydrogen) atoms. The van der Waals surface area contributed by atoms with E-state index >= 15 is 0 Å². The molecule has 0 fully saturated rings. The van der Waals surface area contributed by atoms with Crippen LogP contribution in [0.1, 0.15) is 101 Å². The maximum absolute atomic E-state index is 4.89. The molecule has 2 aromatic carbocycles. The Morgan fingerprint density at radius 2 is 0.750 bits per heavy atom. The second-order valence-corrected chi connectivity index (χ2v) is 13.9. The number of hydrogen-bond donors (Lipinski definition) is 0. The van der Waals surface area contributed by atoms with E-state index < -0.39 is 41.9 Å². The van der Waals surface area contributed by atoms with Crippen LogP contribution in [0.4, 0.5) is 0 Å². The molecule has 0 aliphatic heterocycles. The molecule has 0 heterocycles. The maximum atomic E-state index is 4.89. The van der Waals surface area contributed by atoms with E-state index in [0.717, 1.165) is 0 Å². The van der Waals surface area contributed by atoms with E-state index in [4.69, 9.17) is 6.52 Å². The monoisotopic (exact) mass is 590 g/mol. The van der Waals surface area contributed by atoms with Crippen LogP contribution in [0, 0.1) is 0 Å². The Morgan fingerprint density at radius 3 is 0.964 bits per heavy atom. The molecule has 0 amide bonds. The van der Waals surface area contributed by atoms with Crippen molar-refractivity contribution in [3.8, 4) is 0 Å². The zero-order chi connectivity index (χ0) is 20.8. The van der Waals surface area contributed by atoms with Crippen LogP contribution in [0.2, 0.25) is 0 Å². The van der Waals surface area contributed by atoms with E-state index in [1.54, 1.807) is 7.16 Å². The van der Waals surface area contributed by atoms with Gasteiger partial charge in [0.2, 0.25) is 0 Å². The van der Waals surface area contributed by atoms with Gasteiger partial charge in [-0.3, -0.25) is 0 Å². The number of benzene rings is 2. The minimum absolute atomic E-state index is 0.555. The molecule has 0 aliphatic carbocycles. The van der Waals surface area contributed by atoms with Gasteiger partial charge in [-0.2, -0.15) is 0 Å². The Bertz CT molecular complexity index is 726. The van der Waals surface area contributed by atoms with Crippen molar-refractivity contribution in [1.82, 2.24) is 0 Å². The fourth-order valence-corrected chi connectivity index (χ4v) is 12.0. The Kier molecular flexibility index (Phi) is 9.52. The van der Waals surface area contributed by atoms with E-state index in [1.165, 1.54) is 22.3 Å². The molecule has 2 nitrogen and oxygen atoms in total. The molecule has 0 N–H and O–H groups in total. The molecule has 2 aromatic rings. The van der Waals surface area contributed by atoms with E-state index in [-0.39, 0.29) is 0 Å². The van der Waals surface area contributed by atoms with Gasteiger partial charge in [0.15, 0.2) is 0 Å². The summed E-state index contributed by atoms with van der Waals surface area (Å²) in [5.41, 5.74) is 5.97. The van der Waals surface area contributed by atoms with Crippen molar-refractivity contribution in [1.29, 1.82) is 0 Å². The second kappa shape index (κ2) is 11.1. The predicted octanol–water partition coefficient (Wildman–Crippen LogP) is 5.82. The average molecular weight is 588 g/mol. The first kappa shape index (κ1) is 23.9. The molecule has 148 valence electrons. The molecule has 2 rings (SSSR count). The zero-order valence-corrected chi connectivity index (χ0v) is 24.4. The summed E-state index contributed by atoms with van der Waals surface area (Å²) in [5.74, 6) is 2.22. The Morgan fingerprint density at radius 1 is 0.500 bits per heavy atom. The van der Waals surface area contributed by atoms with E-state index in [0.29, 0.717) is 23.7 Å². The zero-order valence-electron chi connectivity index (χ0n) is 18.7. The third-order valence-electron chi connectivity index (χ3n) is 5.12. The molecule has 4 heteroatoms. The van der Waals surface area contributed by atoms with Gasteiger partial charge in [-0.1, -0.05) is 0 Å². The van der Waals surface area contributed by atoms with Crippen LogP contribution in [0.5, 0.6) is 0 Å². The third kappa shape index (κ3) is 6.07. The van der Waals surface area contributed by atoms with E-state index in [2.05, 4.69) is 91.8 Å². The van der Waals surface area contributed by atoms with Gasteiger partial charge in [0, 0.05) is 0 Å². The summed E-state index contributed by atoms with van der Waals surface area (Å²) in [6, 6.07) is 13.6. The van der Waals surface area contributed by atoms with Crippen LogP contribution >= 0.6 is 0 Å². The normalized spacial score (nSPS) is 12.6. The molecular formula is C24H34N2Sn2. The standard InChI is InChI=1S/2C12H17.N2.2Sn/c2*1-9(2)11-6-5-7-12(8-11)10(3)4;1-2;;/h2*5-7,9-10H,1-4H3;;;. The third-order valence-corrected chi connectivity index (χ3v) is 12.5. The first-order valence-corrected chi connectivity index (χ1v) is 15.8. The quantitative estimate of drug-likeness (QED) is 0.288. The van der Waals surface area contributed by atoms with Gasteiger partial charge in [0.05, 0.1) is 0 Å². The van der Waals surface area contributed by atoms with Gasteiger partial charge in [0.1, 0.15) is 0 Å². The number of nitrogens with zero attached hydrogens (tertiary/aromatic N) is 2. The summed E-state index contributed by atoms with van der Waals surface area (Å²) in [6.07, 6.45) is 0. The second-order valence-electron chi connectivity index (χ2n) is 8.67. The fourth-order valence-electron chi connectivity index (χ4n) is 3.51. The Labute approximate surface area is 192 Å². The van der Waals surface area contributed by atoms with Gasteiger partial charge < -0.3 is 0 Å². The fraction of sp³-hybridized carbons (Fsp3) is 0.500. The topological polar surface area (TPSA) is 24.7 Å². The molecule has 2 radical (unpaired) electrons. The molecule has 0 aliphatic rings. The molecule has 0 saturated carbocycles. The molecule has 0 spiro atoms. The van der Waals surface area contributed by atoms with Crippen molar-refractivity contribution < 1.29 is 0 Å². The van der Waals surface area contributed by atoms with Crippen molar-refractivity contribution in [3.63, 3.8) is 0 Å². The summed E-state index contributed by atoms with van der Waals surface area (Å²) >= 11 is -2.11. The van der Waals surface area contributed by atoms with Gasteiger partial charge >= 0.3 is 193 Å². The van der Waals surface area contributed by atoms with Crippen LogP contribution < -0.4 is 7.16 Å². The van der Waals surface area contributed by atoms with Crippen LogP contribution in [0.3, 0.4) is 0 Å². The van der Waals surface area contributed by atoms with Gasteiger partial charge in [-0.05, 0) is 0 Å². The molecule has 0 saturated heterocycles. The van der Waals surface area contributed by atoms with Crippen molar-refractivity contribution in [2.24, 2.45) is 6.52 Å². The van der Waals surface area contributed by atoms with Crippen molar-refractivity contribution in [2.45, 2.75) is 79.1 Å². The van der Waals surface area contributed by atoms with Crippen LogP contribution in [0.15, 0.2) is 42.9 Å². The van der Waals surface area contributed by atoms with Gasteiger partial charge in [-0.15, -0.1) is 0 Å². The minimum atomic E-state index is -1.06. The van der Waals surface area contributed by atoms with Crippen molar-refractivity contribution in [3.05, 3.63) is 58.7 Å². The summed E-state index contributed by atoms with van der Waals surface area (Å²) in [7, 11) is 0. The van der Waals surface area contributed by atoms with Gasteiger partial charge in [0.25, 0.3) is 0 Å². The average Bonchev–Trinajstić information content (AvgIpc) is 2.64.